The summed E-state index contributed by atoms with van der Waals surface area (Å²) in [5.41, 5.74) is 3.66. The van der Waals surface area contributed by atoms with Crippen LogP contribution in [0.5, 0.6) is 0 Å². The summed E-state index contributed by atoms with van der Waals surface area (Å²) in [4.78, 5) is 13.4. The molecule has 0 unspecified atom stereocenters. The van der Waals surface area contributed by atoms with Crippen LogP contribution in [0.2, 0.25) is 0 Å². The Balaban J connectivity index is 1.37. The van der Waals surface area contributed by atoms with E-state index in [0.29, 0.717) is 12.5 Å². The highest BCUT2D eigenvalue weighted by atomic mass is 15.3. The van der Waals surface area contributed by atoms with Gasteiger partial charge in [-0.2, -0.15) is 10.1 Å². The first-order valence-electron chi connectivity index (χ1n) is 9.17. The zero-order chi connectivity index (χ0) is 18.5. The highest BCUT2D eigenvalue weighted by Gasteiger charge is 2.19. The molecule has 7 nitrogen and oxygen atoms in total. The van der Waals surface area contributed by atoms with Crippen LogP contribution in [0.4, 0.5) is 17.5 Å². The van der Waals surface area contributed by atoms with Crippen LogP contribution in [0, 0.1) is 6.92 Å². The van der Waals surface area contributed by atoms with Crippen molar-refractivity contribution >= 4 is 17.5 Å². The fourth-order valence-electron chi connectivity index (χ4n) is 3.22. The molecule has 1 N–H and O–H groups in total. The van der Waals surface area contributed by atoms with E-state index in [1.165, 1.54) is 11.3 Å². The van der Waals surface area contributed by atoms with Gasteiger partial charge in [0.25, 0.3) is 0 Å². The molecule has 1 saturated heterocycles. The molecule has 7 heteroatoms. The van der Waals surface area contributed by atoms with Crippen LogP contribution < -0.4 is 15.1 Å². The molecule has 4 rings (SSSR count). The molecule has 3 heterocycles. The van der Waals surface area contributed by atoms with Gasteiger partial charge < -0.3 is 15.1 Å². The average Bonchev–Trinajstić information content (AvgIpc) is 2.73. The lowest BCUT2D eigenvalue weighted by atomic mass is 10.2. The van der Waals surface area contributed by atoms with Gasteiger partial charge in [-0.3, -0.25) is 4.98 Å². The number of hydrogen-bond acceptors (Lipinski definition) is 7. The summed E-state index contributed by atoms with van der Waals surface area (Å²) in [5.74, 6) is 1.40. The molecule has 0 amide bonds. The van der Waals surface area contributed by atoms with Crippen LogP contribution in [0.25, 0.3) is 0 Å². The maximum Gasteiger partial charge on any atom is 0.244 e. The van der Waals surface area contributed by atoms with Crippen molar-refractivity contribution in [1.29, 1.82) is 0 Å². The first kappa shape index (κ1) is 17.2. The van der Waals surface area contributed by atoms with Crippen LogP contribution in [0.1, 0.15) is 11.1 Å². The second-order valence-corrected chi connectivity index (χ2v) is 6.67. The number of rotatable bonds is 5. The summed E-state index contributed by atoms with van der Waals surface area (Å²) in [6, 6.07) is 12.6. The van der Waals surface area contributed by atoms with Crippen molar-refractivity contribution in [2.75, 3.05) is 41.3 Å². The number of anilines is 3. The van der Waals surface area contributed by atoms with Crippen molar-refractivity contribution in [2.45, 2.75) is 13.5 Å². The molecule has 2 aromatic heterocycles. The molecule has 0 bridgehead atoms. The number of nitrogens with zero attached hydrogens (tertiary/aromatic N) is 6. The Labute approximate surface area is 159 Å². The van der Waals surface area contributed by atoms with Gasteiger partial charge in [0, 0.05) is 50.8 Å². The van der Waals surface area contributed by atoms with E-state index in [4.69, 9.17) is 0 Å². The molecule has 1 fully saturated rings. The highest BCUT2D eigenvalue weighted by Crippen LogP contribution is 2.20. The van der Waals surface area contributed by atoms with Gasteiger partial charge in [-0.05, 0) is 36.2 Å². The maximum absolute atomic E-state index is 4.63. The Morgan fingerprint density at radius 1 is 1.00 bits per heavy atom. The molecule has 0 spiro atoms. The fraction of sp³-hybridized carbons (Fsp3) is 0.300. The predicted octanol–water partition coefficient (Wildman–Crippen LogP) is 2.51. The van der Waals surface area contributed by atoms with Crippen LogP contribution in [-0.2, 0) is 6.54 Å². The lowest BCUT2D eigenvalue weighted by Crippen LogP contribution is -2.47. The summed E-state index contributed by atoms with van der Waals surface area (Å²) in [7, 11) is 0. The number of piperazine rings is 1. The Morgan fingerprint density at radius 2 is 1.85 bits per heavy atom. The van der Waals surface area contributed by atoms with Crippen LogP contribution in [-0.4, -0.2) is 46.3 Å². The highest BCUT2D eigenvalue weighted by molar-refractivity contribution is 5.51. The monoisotopic (exact) mass is 361 g/mol. The molecule has 1 aliphatic rings. The molecule has 1 aromatic carbocycles. The van der Waals surface area contributed by atoms with Crippen molar-refractivity contribution < 1.29 is 0 Å². The van der Waals surface area contributed by atoms with Crippen molar-refractivity contribution in [2.24, 2.45) is 0 Å². The van der Waals surface area contributed by atoms with E-state index < -0.39 is 0 Å². The summed E-state index contributed by atoms with van der Waals surface area (Å²) in [6.07, 6.45) is 5.32. The van der Waals surface area contributed by atoms with E-state index in [1.807, 2.05) is 18.3 Å². The van der Waals surface area contributed by atoms with Crippen molar-refractivity contribution in [3.8, 4) is 0 Å². The largest absolute Gasteiger partial charge is 0.368 e. The fourth-order valence-corrected chi connectivity index (χ4v) is 3.22. The summed E-state index contributed by atoms with van der Waals surface area (Å²) >= 11 is 0. The van der Waals surface area contributed by atoms with Gasteiger partial charge in [0.15, 0.2) is 5.82 Å². The second-order valence-electron chi connectivity index (χ2n) is 6.67. The third-order valence-electron chi connectivity index (χ3n) is 4.69. The van der Waals surface area contributed by atoms with E-state index in [0.717, 1.165) is 37.6 Å². The molecule has 0 saturated carbocycles. The van der Waals surface area contributed by atoms with E-state index >= 15 is 0 Å². The topological polar surface area (TPSA) is 70.1 Å². The smallest absolute Gasteiger partial charge is 0.244 e. The Hall–Kier alpha value is -3.22. The van der Waals surface area contributed by atoms with E-state index in [9.17, 15) is 0 Å². The number of hydrogen-bond donors (Lipinski definition) is 1. The van der Waals surface area contributed by atoms with Gasteiger partial charge in [-0.1, -0.05) is 18.2 Å². The minimum Gasteiger partial charge on any atom is -0.368 e. The lowest BCUT2D eigenvalue weighted by molar-refractivity contribution is 0.644. The molecule has 1 aliphatic heterocycles. The van der Waals surface area contributed by atoms with E-state index in [2.05, 4.69) is 66.5 Å². The normalized spacial score (nSPS) is 14.3. The second kappa shape index (κ2) is 7.99. The maximum atomic E-state index is 4.63. The molecular formula is C20H23N7. The zero-order valence-electron chi connectivity index (χ0n) is 15.4. The lowest BCUT2D eigenvalue weighted by Gasteiger charge is -2.36. The van der Waals surface area contributed by atoms with E-state index in [-0.39, 0.29) is 0 Å². The Morgan fingerprint density at radius 3 is 2.63 bits per heavy atom. The van der Waals surface area contributed by atoms with Crippen molar-refractivity contribution in [3.05, 3.63) is 66.1 Å². The number of pyridine rings is 1. The third-order valence-corrected chi connectivity index (χ3v) is 4.69. The quantitative estimate of drug-likeness (QED) is 0.749. The minimum atomic E-state index is 0.539. The first-order chi connectivity index (χ1) is 13.3. The summed E-state index contributed by atoms with van der Waals surface area (Å²) < 4.78 is 0. The van der Waals surface area contributed by atoms with Crippen LogP contribution >= 0.6 is 0 Å². The van der Waals surface area contributed by atoms with Gasteiger partial charge in [-0.25, -0.2) is 0 Å². The van der Waals surface area contributed by atoms with Gasteiger partial charge in [0.1, 0.15) is 0 Å². The van der Waals surface area contributed by atoms with Crippen molar-refractivity contribution in [3.63, 3.8) is 0 Å². The van der Waals surface area contributed by atoms with Gasteiger partial charge in [-0.15, -0.1) is 5.10 Å². The first-order valence-corrected chi connectivity index (χ1v) is 9.17. The minimum absolute atomic E-state index is 0.539. The molecular weight excluding hydrogens is 338 g/mol. The van der Waals surface area contributed by atoms with E-state index in [1.54, 1.807) is 12.4 Å². The summed E-state index contributed by atoms with van der Waals surface area (Å²) in [5, 5.41) is 11.4. The molecule has 27 heavy (non-hydrogen) atoms. The number of aryl methyl sites for hydroxylation is 1. The number of nitrogens with one attached hydrogen (secondary N) is 1. The molecule has 0 aliphatic carbocycles. The van der Waals surface area contributed by atoms with Gasteiger partial charge >= 0.3 is 0 Å². The Bertz CT molecular complexity index is 876. The number of benzene rings is 1. The molecule has 0 atom stereocenters. The van der Waals surface area contributed by atoms with Gasteiger partial charge in [0.05, 0.1) is 6.20 Å². The molecule has 3 aromatic rings. The molecule has 0 radical (unpaired) electrons. The standard InChI is InChI=1S/C20H23N7/c1-16-4-2-6-18(12-16)26-8-10-27(11-9-26)19-15-23-25-20(24-19)22-14-17-5-3-7-21-13-17/h2-7,12-13,15H,8-11,14H2,1H3,(H,22,24,25). The molecule has 138 valence electrons. The third kappa shape index (κ3) is 4.31. The van der Waals surface area contributed by atoms with Gasteiger partial charge in [0.2, 0.25) is 5.95 Å². The number of aromatic nitrogens is 4. The van der Waals surface area contributed by atoms with Crippen LogP contribution in [0.15, 0.2) is 55.0 Å². The van der Waals surface area contributed by atoms with Crippen molar-refractivity contribution in [1.82, 2.24) is 20.2 Å². The average molecular weight is 361 g/mol. The van der Waals surface area contributed by atoms with Crippen LogP contribution in [0.3, 0.4) is 0 Å². The SMILES string of the molecule is Cc1cccc(N2CCN(c3cnnc(NCc4cccnc4)n3)CC2)c1. The predicted molar refractivity (Wildman–Crippen MR) is 107 cm³/mol. The Kier molecular flexibility index (Phi) is 5.09. The zero-order valence-corrected chi connectivity index (χ0v) is 15.4. The summed E-state index contributed by atoms with van der Waals surface area (Å²) in [6.45, 7) is 6.51.